The van der Waals surface area contributed by atoms with Crippen molar-refractivity contribution in [2.24, 2.45) is 5.92 Å². The zero-order valence-electron chi connectivity index (χ0n) is 11.1. The van der Waals surface area contributed by atoms with Crippen molar-refractivity contribution in [2.45, 2.75) is 78.6 Å². The van der Waals surface area contributed by atoms with Gasteiger partial charge in [-0.1, -0.05) is 77.9 Å². The number of allylic oxidation sites excluding steroid dienone is 2. The molecule has 0 saturated heterocycles. The van der Waals surface area contributed by atoms with Gasteiger partial charge in [0, 0.05) is 0 Å². The van der Waals surface area contributed by atoms with E-state index in [1.165, 1.54) is 57.8 Å². The highest BCUT2D eigenvalue weighted by Gasteiger charge is 1.98. The molecule has 0 aromatic carbocycles. The Bertz CT molecular complexity index is 135. The predicted molar refractivity (Wildman–Crippen MR) is 71.2 cm³/mol. The Kier molecular flexibility index (Phi) is 11.6. The highest BCUT2D eigenvalue weighted by atomic mass is 14.0. The normalized spacial score (nSPS) is 13.5. The quantitative estimate of drug-likeness (QED) is 0.319. The van der Waals surface area contributed by atoms with E-state index >= 15 is 0 Å². The third-order valence-electron chi connectivity index (χ3n) is 2.98. The zero-order valence-corrected chi connectivity index (χ0v) is 11.1. The SMILES string of the molecule is CCCCC=CCC(C)CCCCCC. The molecule has 0 fully saturated rings. The Morgan fingerprint density at radius 3 is 2.27 bits per heavy atom. The maximum atomic E-state index is 2.39. The molecule has 0 saturated carbocycles. The van der Waals surface area contributed by atoms with Crippen LogP contribution in [0.4, 0.5) is 0 Å². The van der Waals surface area contributed by atoms with Crippen molar-refractivity contribution in [3.63, 3.8) is 0 Å². The number of rotatable bonds is 10. The summed E-state index contributed by atoms with van der Waals surface area (Å²) in [6.45, 7) is 6.92. The van der Waals surface area contributed by atoms with Gasteiger partial charge in [-0.15, -0.1) is 0 Å². The molecule has 1 atom stereocenters. The molecular weight excluding hydrogens is 180 g/mol. The average Bonchev–Trinajstić information content (AvgIpc) is 2.24. The van der Waals surface area contributed by atoms with E-state index in [0.29, 0.717) is 0 Å². The van der Waals surface area contributed by atoms with Gasteiger partial charge in [0.25, 0.3) is 0 Å². The molecular formula is C15H30. The summed E-state index contributed by atoms with van der Waals surface area (Å²) in [7, 11) is 0. The summed E-state index contributed by atoms with van der Waals surface area (Å²) in [6, 6.07) is 0. The molecule has 0 aromatic rings. The first-order valence-corrected chi connectivity index (χ1v) is 6.96. The molecule has 0 aliphatic rings. The van der Waals surface area contributed by atoms with Crippen LogP contribution in [0, 0.1) is 5.92 Å². The molecule has 0 aliphatic heterocycles. The molecule has 0 radical (unpaired) electrons. The molecule has 90 valence electrons. The van der Waals surface area contributed by atoms with Crippen molar-refractivity contribution in [2.75, 3.05) is 0 Å². The predicted octanol–water partition coefficient (Wildman–Crippen LogP) is 5.73. The lowest BCUT2D eigenvalue weighted by Gasteiger charge is -2.07. The van der Waals surface area contributed by atoms with Gasteiger partial charge in [0.05, 0.1) is 0 Å². The van der Waals surface area contributed by atoms with Gasteiger partial charge in [0.1, 0.15) is 0 Å². The molecule has 0 amide bonds. The van der Waals surface area contributed by atoms with E-state index < -0.39 is 0 Å². The first-order chi connectivity index (χ1) is 7.31. The summed E-state index contributed by atoms with van der Waals surface area (Å²) in [5.74, 6) is 0.889. The van der Waals surface area contributed by atoms with Gasteiger partial charge in [-0.05, 0) is 18.8 Å². The third-order valence-corrected chi connectivity index (χ3v) is 2.98. The average molecular weight is 210 g/mol. The molecule has 0 N–H and O–H groups in total. The summed E-state index contributed by atoms with van der Waals surface area (Å²) in [5, 5.41) is 0. The zero-order chi connectivity index (χ0) is 11.4. The standard InChI is InChI=1S/C15H30/c1-4-6-8-10-12-14-15(3)13-11-9-7-5-2/h10,12,15H,4-9,11,13-14H2,1-3H3. The van der Waals surface area contributed by atoms with Crippen LogP contribution in [0.2, 0.25) is 0 Å². The molecule has 15 heavy (non-hydrogen) atoms. The van der Waals surface area contributed by atoms with E-state index in [-0.39, 0.29) is 0 Å². The Morgan fingerprint density at radius 2 is 1.60 bits per heavy atom. The number of hydrogen-bond donors (Lipinski definition) is 0. The molecule has 0 aliphatic carbocycles. The molecule has 0 rings (SSSR count). The fourth-order valence-electron chi connectivity index (χ4n) is 1.81. The molecule has 0 nitrogen and oxygen atoms in total. The minimum atomic E-state index is 0.889. The first-order valence-electron chi connectivity index (χ1n) is 6.96. The third kappa shape index (κ3) is 11.7. The Morgan fingerprint density at radius 1 is 0.867 bits per heavy atom. The Balaban J connectivity index is 3.24. The summed E-state index contributed by atoms with van der Waals surface area (Å²) in [6.07, 6.45) is 17.0. The molecule has 0 aromatic heterocycles. The second kappa shape index (κ2) is 11.8. The van der Waals surface area contributed by atoms with Crippen LogP contribution in [0.15, 0.2) is 12.2 Å². The highest BCUT2D eigenvalue weighted by Crippen LogP contribution is 2.14. The van der Waals surface area contributed by atoms with Crippen molar-refractivity contribution in [3.8, 4) is 0 Å². The molecule has 0 spiro atoms. The summed E-state index contributed by atoms with van der Waals surface area (Å²) in [4.78, 5) is 0. The smallest absolute Gasteiger partial charge is 0.0325 e. The van der Waals surface area contributed by atoms with Gasteiger partial charge in [-0.3, -0.25) is 0 Å². The topological polar surface area (TPSA) is 0 Å². The Labute approximate surface area is 97.2 Å². The van der Waals surface area contributed by atoms with E-state index in [1.54, 1.807) is 0 Å². The van der Waals surface area contributed by atoms with E-state index in [2.05, 4.69) is 32.9 Å². The second-order valence-corrected chi connectivity index (χ2v) is 4.80. The number of hydrogen-bond acceptors (Lipinski definition) is 0. The van der Waals surface area contributed by atoms with Gasteiger partial charge in [0.15, 0.2) is 0 Å². The van der Waals surface area contributed by atoms with Crippen LogP contribution in [0.5, 0.6) is 0 Å². The highest BCUT2D eigenvalue weighted by molar-refractivity contribution is 4.82. The van der Waals surface area contributed by atoms with Crippen molar-refractivity contribution >= 4 is 0 Å². The largest absolute Gasteiger partial charge is 0.0885 e. The van der Waals surface area contributed by atoms with Gasteiger partial charge in [-0.2, -0.15) is 0 Å². The summed E-state index contributed by atoms with van der Waals surface area (Å²) >= 11 is 0. The lowest BCUT2D eigenvalue weighted by atomic mass is 9.99. The van der Waals surface area contributed by atoms with E-state index in [1.807, 2.05) is 0 Å². The van der Waals surface area contributed by atoms with Crippen molar-refractivity contribution in [3.05, 3.63) is 12.2 Å². The lowest BCUT2D eigenvalue weighted by Crippen LogP contribution is -1.92. The molecule has 0 heteroatoms. The van der Waals surface area contributed by atoms with Crippen molar-refractivity contribution in [1.82, 2.24) is 0 Å². The first kappa shape index (κ1) is 14.7. The monoisotopic (exact) mass is 210 g/mol. The van der Waals surface area contributed by atoms with Crippen LogP contribution < -0.4 is 0 Å². The molecule has 0 heterocycles. The van der Waals surface area contributed by atoms with E-state index in [0.717, 1.165) is 5.92 Å². The fraction of sp³-hybridized carbons (Fsp3) is 0.867. The van der Waals surface area contributed by atoms with E-state index in [4.69, 9.17) is 0 Å². The fourth-order valence-corrected chi connectivity index (χ4v) is 1.81. The minimum absolute atomic E-state index is 0.889. The second-order valence-electron chi connectivity index (χ2n) is 4.80. The van der Waals surface area contributed by atoms with Crippen molar-refractivity contribution in [1.29, 1.82) is 0 Å². The van der Waals surface area contributed by atoms with Crippen LogP contribution >= 0.6 is 0 Å². The van der Waals surface area contributed by atoms with Gasteiger partial charge < -0.3 is 0 Å². The van der Waals surface area contributed by atoms with Crippen LogP contribution in [0.1, 0.15) is 78.6 Å². The van der Waals surface area contributed by atoms with Gasteiger partial charge >= 0.3 is 0 Å². The van der Waals surface area contributed by atoms with Crippen LogP contribution in [0.25, 0.3) is 0 Å². The van der Waals surface area contributed by atoms with Crippen LogP contribution in [-0.2, 0) is 0 Å². The lowest BCUT2D eigenvalue weighted by molar-refractivity contribution is 0.493. The van der Waals surface area contributed by atoms with E-state index in [9.17, 15) is 0 Å². The Hall–Kier alpha value is -0.260. The number of unbranched alkanes of at least 4 members (excludes halogenated alkanes) is 5. The maximum Gasteiger partial charge on any atom is -0.0325 e. The maximum absolute atomic E-state index is 2.39. The summed E-state index contributed by atoms with van der Waals surface area (Å²) < 4.78 is 0. The molecule has 0 bridgehead atoms. The molecule has 1 unspecified atom stereocenters. The van der Waals surface area contributed by atoms with Crippen LogP contribution in [0.3, 0.4) is 0 Å². The van der Waals surface area contributed by atoms with Crippen molar-refractivity contribution < 1.29 is 0 Å². The summed E-state index contributed by atoms with van der Waals surface area (Å²) in [5.41, 5.74) is 0. The van der Waals surface area contributed by atoms with Crippen LogP contribution in [-0.4, -0.2) is 0 Å². The van der Waals surface area contributed by atoms with Gasteiger partial charge in [0.2, 0.25) is 0 Å². The minimum Gasteiger partial charge on any atom is -0.0885 e. The van der Waals surface area contributed by atoms with Gasteiger partial charge in [-0.25, -0.2) is 0 Å².